The predicted octanol–water partition coefficient (Wildman–Crippen LogP) is 4.86. The first-order valence-corrected chi connectivity index (χ1v) is 12.9. The molecule has 2 aromatic carbocycles. The summed E-state index contributed by atoms with van der Waals surface area (Å²) in [5.41, 5.74) is 7.42. The molecule has 2 aromatic heterocycles. The van der Waals surface area contributed by atoms with E-state index in [9.17, 15) is 10.1 Å². The minimum atomic E-state index is -0.528. The number of para-hydroxylation sites is 1. The van der Waals surface area contributed by atoms with E-state index in [0.29, 0.717) is 47.2 Å². The highest BCUT2D eigenvalue weighted by Gasteiger charge is 2.33. The van der Waals surface area contributed by atoms with Crippen molar-refractivity contribution >= 4 is 22.8 Å². The standard InChI is InChI=1S/C29H26FN7O2/c30-24-14-22(39-21-6-2-1-3-7-21)10-11-23(24)26-25-27(32)33-17-34-28(25)37(35-26)16-20-5-4-12-36(20)29(38)19(15-31)13-18-8-9-18/h1-3,6-7,10-11,13-14,17-18,20H,4-5,8-9,12,16H2,(H2,32,33,34)/b19-13+/t20-/m1/s1. The lowest BCUT2D eigenvalue weighted by atomic mass is 10.1. The van der Waals surface area contributed by atoms with Crippen LogP contribution in [0.4, 0.5) is 10.2 Å². The first-order valence-electron chi connectivity index (χ1n) is 12.9. The fraction of sp³-hybridized carbons (Fsp3) is 0.276. The number of fused-ring (bicyclic) bond motifs is 1. The van der Waals surface area contributed by atoms with E-state index in [0.717, 1.165) is 25.7 Å². The van der Waals surface area contributed by atoms with Gasteiger partial charge in [-0.15, -0.1) is 0 Å². The first-order chi connectivity index (χ1) is 19.0. The zero-order chi connectivity index (χ0) is 26.9. The Kier molecular flexibility index (Phi) is 6.40. The number of nitrogen functional groups attached to an aromatic ring is 1. The van der Waals surface area contributed by atoms with Gasteiger partial charge in [0.05, 0.1) is 18.0 Å². The molecule has 2 N–H and O–H groups in total. The number of aromatic nitrogens is 4. The number of benzene rings is 2. The molecule has 10 heteroatoms. The summed E-state index contributed by atoms with van der Waals surface area (Å²) in [4.78, 5) is 23.4. The molecule has 6 rings (SSSR count). The largest absolute Gasteiger partial charge is 0.457 e. The summed E-state index contributed by atoms with van der Waals surface area (Å²) in [5, 5.41) is 14.7. The summed E-state index contributed by atoms with van der Waals surface area (Å²) in [7, 11) is 0. The summed E-state index contributed by atoms with van der Waals surface area (Å²) in [6, 6.07) is 15.6. The molecule has 1 aliphatic heterocycles. The van der Waals surface area contributed by atoms with Crippen LogP contribution in [0.2, 0.25) is 0 Å². The van der Waals surface area contributed by atoms with E-state index in [4.69, 9.17) is 15.6 Å². The average Bonchev–Trinajstić information content (AvgIpc) is 3.52. The number of nitrogens with two attached hydrogens (primary N) is 1. The number of amides is 1. The number of ether oxygens (including phenoxy) is 1. The van der Waals surface area contributed by atoms with Crippen molar-refractivity contribution in [3.05, 3.63) is 72.3 Å². The second kappa shape index (κ2) is 10.2. The van der Waals surface area contributed by atoms with Crippen LogP contribution in [0.3, 0.4) is 0 Å². The molecule has 1 amide bonds. The molecule has 3 heterocycles. The van der Waals surface area contributed by atoms with Crippen molar-refractivity contribution in [1.82, 2.24) is 24.6 Å². The van der Waals surface area contributed by atoms with Gasteiger partial charge < -0.3 is 15.4 Å². The maximum atomic E-state index is 15.4. The molecule has 1 atom stereocenters. The van der Waals surface area contributed by atoms with Crippen molar-refractivity contribution in [2.45, 2.75) is 38.3 Å². The second-order valence-corrected chi connectivity index (χ2v) is 9.87. The fourth-order valence-corrected chi connectivity index (χ4v) is 5.02. The number of hydrogen-bond donors (Lipinski definition) is 1. The van der Waals surface area contributed by atoms with Crippen LogP contribution in [0.15, 0.2) is 66.5 Å². The molecular formula is C29H26FN7O2. The Morgan fingerprint density at radius 1 is 1.15 bits per heavy atom. The SMILES string of the molecule is N#C/C(=C\C1CC1)C(=O)N1CCC[C@@H]1Cn1nc(-c2ccc(Oc3ccccc3)cc2F)c2c(N)ncnc21. The molecular weight excluding hydrogens is 497 g/mol. The molecule has 0 spiro atoms. The van der Waals surface area contributed by atoms with E-state index >= 15 is 4.39 Å². The van der Waals surface area contributed by atoms with Gasteiger partial charge in [0.2, 0.25) is 0 Å². The molecule has 9 nitrogen and oxygen atoms in total. The van der Waals surface area contributed by atoms with Gasteiger partial charge in [-0.1, -0.05) is 24.3 Å². The summed E-state index contributed by atoms with van der Waals surface area (Å²) in [6.45, 7) is 0.894. The zero-order valence-electron chi connectivity index (χ0n) is 21.1. The van der Waals surface area contributed by atoms with Gasteiger partial charge in [0.15, 0.2) is 5.65 Å². The summed E-state index contributed by atoms with van der Waals surface area (Å²) >= 11 is 0. The topological polar surface area (TPSA) is 123 Å². The van der Waals surface area contributed by atoms with Crippen molar-refractivity contribution < 1.29 is 13.9 Å². The van der Waals surface area contributed by atoms with Gasteiger partial charge in [-0.2, -0.15) is 10.4 Å². The van der Waals surface area contributed by atoms with Crippen LogP contribution < -0.4 is 10.5 Å². The van der Waals surface area contributed by atoms with Crippen molar-refractivity contribution in [2.75, 3.05) is 12.3 Å². The van der Waals surface area contributed by atoms with Crippen molar-refractivity contribution in [3.63, 3.8) is 0 Å². The molecule has 2 aliphatic rings. The van der Waals surface area contributed by atoms with Crippen molar-refractivity contribution in [3.8, 4) is 28.8 Å². The maximum absolute atomic E-state index is 15.4. The summed E-state index contributed by atoms with van der Waals surface area (Å²) in [6.07, 6.45) is 6.74. The van der Waals surface area contributed by atoms with Gasteiger partial charge in [-0.05, 0) is 55.9 Å². The third kappa shape index (κ3) is 4.91. The number of carbonyl (C=O) groups excluding carboxylic acids is 1. The van der Waals surface area contributed by atoms with Gasteiger partial charge in [-0.3, -0.25) is 4.79 Å². The monoisotopic (exact) mass is 523 g/mol. The molecule has 1 aliphatic carbocycles. The Bertz CT molecular complexity index is 1620. The quantitative estimate of drug-likeness (QED) is 0.271. The van der Waals surface area contributed by atoms with Gasteiger partial charge in [0.1, 0.15) is 46.8 Å². The van der Waals surface area contributed by atoms with Crippen molar-refractivity contribution in [2.24, 2.45) is 5.92 Å². The van der Waals surface area contributed by atoms with Gasteiger partial charge in [-0.25, -0.2) is 19.0 Å². The van der Waals surface area contributed by atoms with Gasteiger partial charge in [0, 0.05) is 18.2 Å². The Balaban J connectivity index is 1.32. The molecule has 1 saturated heterocycles. The number of carbonyl (C=O) groups is 1. The van der Waals surface area contributed by atoms with Crippen LogP contribution in [0.5, 0.6) is 11.5 Å². The van der Waals surface area contributed by atoms with Crippen LogP contribution in [0, 0.1) is 23.1 Å². The Morgan fingerprint density at radius 3 is 2.72 bits per heavy atom. The van der Waals surface area contributed by atoms with Crippen LogP contribution >= 0.6 is 0 Å². The highest BCUT2D eigenvalue weighted by Crippen LogP contribution is 2.35. The van der Waals surface area contributed by atoms with E-state index in [1.54, 1.807) is 39.9 Å². The van der Waals surface area contributed by atoms with Crippen molar-refractivity contribution in [1.29, 1.82) is 5.26 Å². The van der Waals surface area contributed by atoms with Crippen LogP contribution in [0.1, 0.15) is 25.7 Å². The lowest BCUT2D eigenvalue weighted by Gasteiger charge is -2.24. The number of halogens is 1. The minimum absolute atomic E-state index is 0.184. The number of nitriles is 1. The molecule has 2 fully saturated rings. The highest BCUT2D eigenvalue weighted by molar-refractivity contribution is 5.99. The van der Waals surface area contributed by atoms with E-state index < -0.39 is 5.82 Å². The van der Waals surface area contributed by atoms with E-state index in [1.165, 1.54) is 12.4 Å². The summed E-state index contributed by atoms with van der Waals surface area (Å²) < 4.78 is 22.8. The predicted molar refractivity (Wildman–Crippen MR) is 143 cm³/mol. The lowest BCUT2D eigenvalue weighted by Crippen LogP contribution is -2.39. The van der Waals surface area contributed by atoms with Crippen LogP contribution in [-0.2, 0) is 11.3 Å². The number of hydrogen-bond acceptors (Lipinski definition) is 7. The van der Waals surface area contributed by atoms with Gasteiger partial charge >= 0.3 is 0 Å². The zero-order valence-corrected chi connectivity index (χ0v) is 21.1. The van der Waals surface area contributed by atoms with Crippen LogP contribution in [-0.4, -0.2) is 43.1 Å². The second-order valence-electron chi connectivity index (χ2n) is 9.87. The molecule has 0 bridgehead atoms. The Morgan fingerprint density at radius 2 is 1.97 bits per heavy atom. The minimum Gasteiger partial charge on any atom is -0.457 e. The number of rotatable bonds is 7. The maximum Gasteiger partial charge on any atom is 0.264 e. The van der Waals surface area contributed by atoms with E-state index in [2.05, 4.69) is 16.0 Å². The van der Waals surface area contributed by atoms with E-state index in [-0.39, 0.29) is 28.9 Å². The molecule has 196 valence electrons. The molecule has 0 unspecified atom stereocenters. The molecule has 4 aromatic rings. The lowest BCUT2D eigenvalue weighted by molar-refractivity contribution is -0.127. The molecule has 0 radical (unpaired) electrons. The van der Waals surface area contributed by atoms with E-state index in [1.807, 2.05) is 18.2 Å². The number of likely N-dealkylation sites (tertiary alicyclic amines) is 1. The Labute approximate surface area is 224 Å². The molecule has 39 heavy (non-hydrogen) atoms. The first kappa shape index (κ1) is 24.6. The Hall–Kier alpha value is -4.78. The highest BCUT2D eigenvalue weighted by atomic mass is 19.1. The number of allylic oxidation sites excluding steroid dienone is 1. The number of nitrogens with zero attached hydrogens (tertiary/aromatic N) is 6. The van der Waals surface area contributed by atoms with Gasteiger partial charge in [0.25, 0.3) is 5.91 Å². The fourth-order valence-electron chi connectivity index (χ4n) is 5.02. The average molecular weight is 524 g/mol. The number of anilines is 1. The third-order valence-corrected chi connectivity index (χ3v) is 7.13. The smallest absolute Gasteiger partial charge is 0.264 e. The normalized spacial score (nSPS) is 17.4. The molecule has 1 saturated carbocycles. The third-order valence-electron chi connectivity index (χ3n) is 7.13. The van der Waals surface area contributed by atoms with Crippen LogP contribution in [0.25, 0.3) is 22.3 Å². The summed E-state index contributed by atoms with van der Waals surface area (Å²) in [5.74, 6) is 0.671.